The van der Waals surface area contributed by atoms with Crippen LogP contribution in [0.5, 0.6) is 11.5 Å². The number of benzene rings is 3. The van der Waals surface area contributed by atoms with E-state index in [1.54, 1.807) is 11.8 Å². The number of ether oxygens (including phenoxy) is 2. The first-order valence-corrected chi connectivity index (χ1v) is 10.4. The number of rotatable bonds is 7. The summed E-state index contributed by atoms with van der Waals surface area (Å²) in [6.45, 7) is 4.31. The lowest BCUT2D eigenvalue weighted by Crippen LogP contribution is -2.19. The molecule has 0 saturated heterocycles. The van der Waals surface area contributed by atoms with E-state index in [1.165, 1.54) is 0 Å². The minimum atomic E-state index is -0.169. The predicted molar refractivity (Wildman–Crippen MR) is 128 cm³/mol. The first-order chi connectivity index (χ1) is 15.6. The molecule has 162 valence electrons. The number of H-pyrrole nitrogens is 1. The molecule has 0 spiro atoms. The fourth-order valence-electron chi connectivity index (χ4n) is 3.56. The second-order valence-electron chi connectivity index (χ2n) is 7.16. The van der Waals surface area contributed by atoms with E-state index in [9.17, 15) is 4.79 Å². The van der Waals surface area contributed by atoms with Crippen molar-refractivity contribution in [2.45, 2.75) is 13.8 Å². The van der Waals surface area contributed by atoms with E-state index in [0.29, 0.717) is 35.0 Å². The van der Waals surface area contributed by atoms with Crippen molar-refractivity contribution in [1.82, 2.24) is 9.78 Å². The van der Waals surface area contributed by atoms with Crippen molar-refractivity contribution in [2.24, 2.45) is 4.99 Å². The molecule has 1 heterocycles. The molecule has 0 aliphatic carbocycles. The molecule has 4 aromatic rings. The Labute approximate surface area is 186 Å². The van der Waals surface area contributed by atoms with Crippen LogP contribution in [-0.4, -0.2) is 29.2 Å². The lowest BCUT2D eigenvalue weighted by atomic mass is 10.0. The molecule has 0 aliphatic rings. The number of aromatic amines is 1. The third-order valence-electron chi connectivity index (χ3n) is 5.10. The van der Waals surface area contributed by atoms with Crippen molar-refractivity contribution in [3.8, 4) is 28.4 Å². The largest absolute Gasteiger partial charge is 0.497 e. The van der Waals surface area contributed by atoms with Gasteiger partial charge in [0.25, 0.3) is 5.56 Å². The third-order valence-corrected chi connectivity index (χ3v) is 5.10. The Morgan fingerprint density at radius 1 is 0.969 bits per heavy atom. The number of nitrogens with zero attached hydrogens (tertiary/aromatic N) is 2. The van der Waals surface area contributed by atoms with Crippen LogP contribution in [0.15, 0.2) is 88.6 Å². The molecule has 0 aliphatic heterocycles. The number of methoxy groups -OCH3 is 1. The molecule has 0 saturated carbocycles. The highest BCUT2D eigenvalue weighted by molar-refractivity contribution is 6.05. The summed E-state index contributed by atoms with van der Waals surface area (Å²) in [5.74, 6) is 1.43. The van der Waals surface area contributed by atoms with Crippen molar-refractivity contribution in [1.29, 1.82) is 0 Å². The van der Waals surface area contributed by atoms with E-state index >= 15 is 0 Å². The van der Waals surface area contributed by atoms with Crippen LogP contribution in [0.25, 0.3) is 16.9 Å². The molecule has 6 nitrogen and oxygen atoms in total. The van der Waals surface area contributed by atoms with Crippen LogP contribution < -0.4 is 15.0 Å². The Balaban J connectivity index is 1.90. The summed E-state index contributed by atoms with van der Waals surface area (Å²) in [7, 11) is 1.63. The lowest BCUT2D eigenvalue weighted by Gasteiger charge is -2.08. The van der Waals surface area contributed by atoms with Gasteiger partial charge in [0.15, 0.2) is 0 Å². The minimum Gasteiger partial charge on any atom is -0.497 e. The molecule has 1 N–H and O–H groups in total. The molecule has 0 atom stereocenters. The van der Waals surface area contributed by atoms with Crippen molar-refractivity contribution in [2.75, 3.05) is 13.7 Å². The quantitative estimate of drug-likeness (QED) is 0.403. The normalized spacial score (nSPS) is 11.4. The fraction of sp³-hybridized carbons (Fsp3) is 0.154. The Morgan fingerprint density at radius 2 is 1.66 bits per heavy atom. The van der Waals surface area contributed by atoms with Gasteiger partial charge in [-0.1, -0.05) is 30.3 Å². The molecule has 0 radical (unpaired) electrons. The minimum absolute atomic E-state index is 0.169. The van der Waals surface area contributed by atoms with Crippen LogP contribution >= 0.6 is 0 Å². The average Bonchev–Trinajstić information content (AvgIpc) is 3.18. The monoisotopic (exact) mass is 427 g/mol. The second-order valence-corrected chi connectivity index (χ2v) is 7.16. The number of nitrogens with one attached hydrogen (secondary N) is 1. The predicted octanol–water partition coefficient (Wildman–Crippen LogP) is 5.38. The molecule has 6 heteroatoms. The Morgan fingerprint density at radius 3 is 2.34 bits per heavy atom. The van der Waals surface area contributed by atoms with Gasteiger partial charge >= 0.3 is 0 Å². The van der Waals surface area contributed by atoms with E-state index in [-0.39, 0.29) is 5.56 Å². The highest BCUT2D eigenvalue weighted by Crippen LogP contribution is 2.29. The van der Waals surface area contributed by atoms with Gasteiger partial charge in [0, 0.05) is 5.56 Å². The summed E-state index contributed by atoms with van der Waals surface area (Å²) in [6, 6.07) is 24.6. The molecule has 0 unspecified atom stereocenters. The molecule has 3 aromatic carbocycles. The highest BCUT2D eigenvalue weighted by atomic mass is 16.5. The van der Waals surface area contributed by atoms with Gasteiger partial charge < -0.3 is 9.47 Å². The van der Waals surface area contributed by atoms with Crippen molar-refractivity contribution < 1.29 is 9.47 Å². The lowest BCUT2D eigenvalue weighted by molar-refractivity contribution is 0.341. The van der Waals surface area contributed by atoms with Crippen molar-refractivity contribution in [3.05, 3.63) is 94.8 Å². The Kier molecular flexibility index (Phi) is 6.22. The van der Waals surface area contributed by atoms with Gasteiger partial charge in [-0.05, 0) is 62.4 Å². The maximum absolute atomic E-state index is 13.5. The average molecular weight is 428 g/mol. The number of hydrogen-bond donors (Lipinski definition) is 1. The van der Waals surface area contributed by atoms with Crippen molar-refractivity contribution >= 4 is 11.4 Å². The summed E-state index contributed by atoms with van der Waals surface area (Å²) in [4.78, 5) is 18.3. The summed E-state index contributed by atoms with van der Waals surface area (Å²) in [5, 5.41) is 3.28. The molecule has 32 heavy (non-hydrogen) atoms. The van der Waals surface area contributed by atoms with E-state index < -0.39 is 0 Å². The van der Waals surface area contributed by atoms with E-state index in [4.69, 9.17) is 14.5 Å². The number of para-hydroxylation sites is 3. The van der Waals surface area contributed by atoms with Gasteiger partial charge in [0.05, 0.1) is 36.4 Å². The van der Waals surface area contributed by atoms with Crippen molar-refractivity contribution in [3.63, 3.8) is 0 Å². The fourth-order valence-corrected chi connectivity index (χ4v) is 3.56. The van der Waals surface area contributed by atoms with Crippen LogP contribution in [0.3, 0.4) is 0 Å². The number of aliphatic imine (C=N–C) groups is 1. The summed E-state index contributed by atoms with van der Waals surface area (Å²) in [6.07, 6.45) is 0. The Hall–Kier alpha value is -4.06. The van der Waals surface area contributed by atoms with Crippen LogP contribution in [0, 0.1) is 0 Å². The van der Waals surface area contributed by atoms with Gasteiger partial charge in [-0.2, -0.15) is 0 Å². The van der Waals surface area contributed by atoms with E-state index in [2.05, 4.69) is 5.10 Å². The summed E-state index contributed by atoms with van der Waals surface area (Å²) in [5.41, 5.74) is 3.92. The van der Waals surface area contributed by atoms with Crippen LogP contribution in [0.2, 0.25) is 0 Å². The second kappa shape index (κ2) is 9.39. The maximum Gasteiger partial charge on any atom is 0.280 e. The Bertz CT molecular complexity index is 1290. The van der Waals surface area contributed by atoms with Gasteiger partial charge in [0.1, 0.15) is 17.2 Å². The summed E-state index contributed by atoms with van der Waals surface area (Å²) < 4.78 is 12.5. The SMILES string of the molecule is CCOc1ccccc1N=C(C)c1c(-c2ccc(OC)cc2)[nH]n(-c2ccccc2)c1=O. The molecule has 4 rings (SSSR count). The number of aromatic nitrogens is 2. The maximum atomic E-state index is 13.5. The van der Waals surface area contributed by atoms with Gasteiger partial charge in [-0.3, -0.25) is 9.89 Å². The number of hydrogen-bond acceptors (Lipinski definition) is 4. The highest BCUT2D eigenvalue weighted by Gasteiger charge is 2.20. The first-order valence-electron chi connectivity index (χ1n) is 10.4. The van der Waals surface area contributed by atoms with Gasteiger partial charge in [0.2, 0.25) is 0 Å². The molecule has 0 bridgehead atoms. The van der Waals surface area contributed by atoms with Gasteiger partial charge in [-0.15, -0.1) is 0 Å². The molecular weight excluding hydrogens is 402 g/mol. The standard InChI is InChI=1S/C26H25N3O3/c1-4-32-23-13-9-8-12-22(23)27-18(2)24-25(19-14-16-21(31-3)17-15-19)28-29(26(24)30)20-10-6-5-7-11-20/h5-17,28H,4H2,1-3H3. The van der Waals surface area contributed by atoms with Gasteiger partial charge in [-0.25, -0.2) is 9.67 Å². The smallest absolute Gasteiger partial charge is 0.280 e. The zero-order valence-electron chi connectivity index (χ0n) is 18.3. The molecular formula is C26H25N3O3. The van der Waals surface area contributed by atoms with Crippen LogP contribution in [-0.2, 0) is 0 Å². The van der Waals surface area contributed by atoms with E-state index in [0.717, 1.165) is 17.0 Å². The molecule has 1 aromatic heterocycles. The zero-order valence-corrected chi connectivity index (χ0v) is 18.3. The van der Waals surface area contributed by atoms with Crippen LogP contribution in [0.4, 0.5) is 5.69 Å². The van der Waals surface area contributed by atoms with Crippen LogP contribution in [0.1, 0.15) is 19.4 Å². The summed E-state index contributed by atoms with van der Waals surface area (Å²) >= 11 is 0. The third kappa shape index (κ3) is 4.21. The first kappa shape index (κ1) is 21.2. The zero-order chi connectivity index (χ0) is 22.5. The molecule has 0 fully saturated rings. The van der Waals surface area contributed by atoms with E-state index in [1.807, 2.05) is 92.7 Å². The molecule has 0 amide bonds. The topological polar surface area (TPSA) is 68.6 Å².